The minimum atomic E-state index is -1.03. The van der Waals surface area contributed by atoms with Crippen molar-refractivity contribution in [3.63, 3.8) is 0 Å². The molecule has 0 unspecified atom stereocenters. The van der Waals surface area contributed by atoms with E-state index in [9.17, 15) is 14.4 Å². The van der Waals surface area contributed by atoms with Gasteiger partial charge in [0.15, 0.2) is 5.78 Å². The predicted octanol–water partition coefficient (Wildman–Crippen LogP) is 1.24. The lowest BCUT2D eigenvalue weighted by molar-refractivity contribution is -0.138. The summed E-state index contributed by atoms with van der Waals surface area (Å²) in [5.41, 5.74) is 0.619. The van der Waals surface area contributed by atoms with Gasteiger partial charge in [-0.1, -0.05) is 18.2 Å². The fourth-order valence-corrected chi connectivity index (χ4v) is 1.21. The van der Waals surface area contributed by atoms with Crippen LogP contribution in [0.1, 0.15) is 12.8 Å². The van der Waals surface area contributed by atoms with Gasteiger partial charge in [0.05, 0.1) is 13.0 Å². The Hall–Kier alpha value is -2.37. The number of anilines is 1. The molecule has 1 rings (SSSR count). The molecule has 3 N–H and O–H groups in total. The molecular formula is C12H14N2O4. The molecule has 0 aliphatic carbocycles. The van der Waals surface area contributed by atoms with Gasteiger partial charge < -0.3 is 15.7 Å². The van der Waals surface area contributed by atoms with E-state index in [1.807, 2.05) is 6.07 Å². The van der Waals surface area contributed by atoms with Crippen molar-refractivity contribution in [1.29, 1.82) is 0 Å². The van der Waals surface area contributed by atoms with E-state index < -0.39 is 12.0 Å². The molecule has 1 aromatic carbocycles. The quantitative estimate of drug-likeness (QED) is 0.707. The number of urea groups is 1. The van der Waals surface area contributed by atoms with E-state index in [4.69, 9.17) is 5.11 Å². The summed E-state index contributed by atoms with van der Waals surface area (Å²) in [7, 11) is 0. The van der Waals surface area contributed by atoms with Crippen molar-refractivity contribution in [3.05, 3.63) is 30.3 Å². The number of amides is 2. The summed E-state index contributed by atoms with van der Waals surface area (Å²) in [5, 5.41) is 13.3. The smallest absolute Gasteiger partial charge is 0.319 e. The molecular weight excluding hydrogens is 236 g/mol. The summed E-state index contributed by atoms with van der Waals surface area (Å²) in [6.45, 7) is -0.175. The summed E-state index contributed by atoms with van der Waals surface area (Å²) in [4.78, 5) is 32.8. The molecule has 0 aromatic heterocycles. The van der Waals surface area contributed by atoms with Gasteiger partial charge in [0.25, 0.3) is 0 Å². The summed E-state index contributed by atoms with van der Waals surface area (Å²) >= 11 is 0. The van der Waals surface area contributed by atoms with E-state index in [1.54, 1.807) is 24.3 Å². The maximum atomic E-state index is 11.4. The van der Waals surface area contributed by atoms with Crippen LogP contribution in [-0.4, -0.2) is 29.4 Å². The number of hydrogen-bond donors (Lipinski definition) is 3. The number of nitrogens with one attached hydrogen (secondary N) is 2. The number of Topliss-reactive ketones (excluding diaryl/α,β-unsaturated/α-hetero) is 1. The molecule has 0 bridgehead atoms. The van der Waals surface area contributed by atoms with Crippen LogP contribution in [0.2, 0.25) is 0 Å². The molecule has 6 nitrogen and oxygen atoms in total. The van der Waals surface area contributed by atoms with Gasteiger partial charge in [-0.2, -0.15) is 0 Å². The number of carbonyl (C=O) groups excluding carboxylic acids is 2. The molecule has 6 heteroatoms. The van der Waals surface area contributed by atoms with Gasteiger partial charge in [0.2, 0.25) is 0 Å². The van der Waals surface area contributed by atoms with Gasteiger partial charge in [-0.15, -0.1) is 0 Å². The number of carboxylic acids is 1. The van der Waals surface area contributed by atoms with Crippen LogP contribution in [-0.2, 0) is 9.59 Å². The fourth-order valence-electron chi connectivity index (χ4n) is 1.21. The van der Waals surface area contributed by atoms with Crippen molar-refractivity contribution < 1.29 is 19.5 Å². The van der Waals surface area contributed by atoms with Gasteiger partial charge in [0.1, 0.15) is 0 Å². The topological polar surface area (TPSA) is 95.5 Å². The Morgan fingerprint density at radius 3 is 2.33 bits per heavy atom. The Balaban J connectivity index is 2.25. The summed E-state index contributed by atoms with van der Waals surface area (Å²) in [5.74, 6) is -1.35. The Morgan fingerprint density at radius 1 is 1.06 bits per heavy atom. The molecule has 1 aromatic rings. The van der Waals surface area contributed by atoms with E-state index in [0.717, 1.165) is 0 Å². The highest BCUT2D eigenvalue weighted by molar-refractivity contribution is 5.93. The number of hydrogen-bond acceptors (Lipinski definition) is 3. The maximum Gasteiger partial charge on any atom is 0.319 e. The number of para-hydroxylation sites is 1. The summed E-state index contributed by atoms with van der Waals surface area (Å²) < 4.78 is 0. The van der Waals surface area contributed by atoms with Crippen molar-refractivity contribution in [1.82, 2.24) is 5.32 Å². The third-order valence-corrected chi connectivity index (χ3v) is 2.10. The largest absolute Gasteiger partial charge is 0.481 e. The van der Waals surface area contributed by atoms with Crippen molar-refractivity contribution in [3.8, 4) is 0 Å². The number of aliphatic carboxylic acids is 1. The zero-order chi connectivity index (χ0) is 13.4. The van der Waals surface area contributed by atoms with E-state index >= 15 is 0 Å². The van der Waals surface area contributed by atoms with Crippen LogP contribution in [0.4, 0.5) is 10.5 Å². The zero-order valence-corrected chi connectivity index (χ0v) is 9.68. The SMILES string of the molecule is O=C(O)CCC(=O)CNC(=O)Nc1ccccc1. The van der Waals surface area contributed by atoms with Gasteiger partial charge >= 0.3 is 12.0 Å². The molecule has 0 atom stereocenters. The third-order valence-electron chi connectivity index (χ3n) is 2.10. The number of carboxylic acid groups (broad SMARTS) is 1. The van der Waals surface area contributed by atoms with E-state index in [-0.39, 0.29) is 25.2 Å². The minimum absolute atomic E-state index is 0.0824. The first-order valence-electron chi connectivity index (χ1n) is 5.41. The number of benzene rings is 1. The van der Waals surface area contributed by atoms with Crippen LogP contribution in [0.15, 0.2) is 30.3 Å². The van der Waals surface area contributed by atoms with Crippen LogP contribution in [0, 0.1) is 0 Å². The third kappa shape index (κ3) is 5.64. The highest BCUT2D eigenvalue weighted by atomic mass is 16.4. The Labute approximate surface area is 104 Å². The van der Waals surface area contributed by atoms with Gasteiger partial charge in [-0.3, -0.25) is 9.59 Å². The molecule has 0 fully saturated rings. The van der Waals surface area contributed by atoms with Crippen LogP contribution < -0.4 is 10.6 Å². The molecule has 2 amide bonds. The average Bonchev–Trinajstić information content (AvgIpc) is 2.35. The Kier molecular flexibility index (Phi) is 5.37. The Morgan fingerprint density at radius 2 is 1.72 bits per heavy atom. The molecule has 0 heterocycles. The lowest BCUT2D eigenvalue weighted by Gasteiger charge is -2.06. The molecule has 0 saturated heterocycles. The van der Waals surface area contributed by atoms with E-state index in [1.165, 1.54) is 0 Å². The molecule has 0 aliphatic rings. The highest BCUT2D eigenvalue weighted by Gasteiger charge is 2.07. The first kappa shape index (κ1) is 13.7. The summed E-state index contributed by atoms with van der Waals surface area (Å²) in [6, 6.07) is 8.29. The van der Waals surface area contributed by atoms with Crippen molar-refractivity contribution in [2.75, 3.05) is 11.9 Å². The lowest BCUT2D eigenvalue weighted by atomic mass is 10.2. The highest BCUT2D eigenvalue weighted by Crippen LogP contribution is 2.03. The number of rotatable bonds is 6. The monoisotopic (exact) mass is 250 g/mol. The molecule has 0 radical (unpaired) electrons. The predicted molar refractivity (Wildman–Crippen MR) is 65.3 cm³/mol. The lowest BCUT2D eigenvalue weighted by Crippen LogP contribution is -2.33. The van der Waals surface area contributed by atoms with Crippen molar-refractivity contribution in [2.24, 2.45) is 0 Å². The molecule has 18 heavy (non-hydrogen) atoms. The normalized spacial score (nSPS) is 9.56. The average molecular weight is 250 g/mol. The van der Waals surface area contributed by atoms with Crippen LogP contribution in [0.25, 0.3) is 0 Å². The first-order chi connectivity index (χ1) is 8.58. The molecule has 96 valence electrons. The van der Waals surface area contributed by atoms with Crippen LogP contribution in [0.5, 0.6) is 0 Å². The number of carbonyl (C=O) groups is 3. The van der Waals surface area contributed by atoms with Gasteiger partial charge in [0, 0.05) is 12.1 Å². The maximum absolute atomic E-state index is 11.4. The number of ketones is 1. The Bertz CT molecular complexity index is 431. The standard InChI is InChI=1S/C12H14N2O4/c15-10(6-7-11(16)17)8-13-12(18)14-9-4-2-1-3-5-9/h1-5H,6-8H2,(H,16,17)(H2,13,14,18). The van der Waals surface area contributed by atoms with E-state index in [0.29, 0.717) is 5.69 Å². The molecule has 0 aliphatic heterocycles. The second kappa shape index (κ2) is 7.05. The fraction of sp³-hybridized carbons (Fsp3) is 0.250. The van der Waals surface area contributed by atoms with E-state index in [2.05, 4.69) is 10.6 Å². The minimum Gasteiger partial charge on any atom is -0.481 e. The van der Waals surface area contributed by atoms with Crippen molar-refractivity contribution >= 4 is 23.5 Å². The second-order valence-electron chi connectivity index (χ2n) is 3.61. The molecule has 0 spiro atoms. The van der Waals surface area contributed by atoms with Gasteiger partial charge in [-0.05, 0) is 12.1 Å². The van der Waals surface area contributed by atoms with Gasteiger partial charge in [-0.25, -0.2) is 4.79 Å². The summed E-state index contributed by atoms with van der Waals surface area (Å²) in [6.07, 6.45) is -0.304. The van der Waals surface area contributed by atoms with Crippen LogP contribution >= 0.6 is 0 Å². The zero-order valence-electron chi connectivity index (χ0n) is 9.68. The molecule has 0 saturated carbocycles. The second-order valence-corrected chi connectivity index (χ2v) is 3.61. The van der Waals surface area contributed by atoms with Crippen LogP contribution in [0.3, 0.4) is 0 Å². The first-order valence-corrected chi connectivity index (χ1v) is 5.41. The van der Waals surface area contributed by atoms with Crippen molar-refractivity contribution in [2.45, 2.75) is 12.8 Å².